The van der Waals surface area contributed by atoms with Crippen molar-refractivity contribution in [2.45, 2.75) is 12.8 Å². The molecule has 4 heteroatoms. The second kappa shape index (κ2) is 5.87. The zero-order chi connectivity index (χ0) is 13.0. The molecule has 1 heterocycles. The summed E-state index contributed by atoms with van der Waals surface area (Å²) in [6, 6.07) is 7.17. The van der Waals surface area contributed by atoms with Crippen molar-refractivity contribution in [3.05, 3.63) is 29.8 Å². The summed E-state index contributed by atoms with van der Waals surface area (Å²) in [5, 5.41) is 3.19. The first-order valence-corrected chi connectivity index (χ1v) is 6.50. The number of likely N-dealkylation sites (tertiary alicyclic amines) is 1. The van der Waals surface area contributed by atoms with Crippen LogP contribution in [0.15, 0.2) is 24.3 Å². The molecule has 1 aliphatic heterocycles. The fraction of sp³-hybridized carbons (Fsp3) is 0.500. The van der Waals surface area contributed by atoms with Gasteiger partial charge >= 0.3 is 0 Å². The van der Waals surface area contributed by atoms with Crippen LogP contribution in [0.5, 0.6) is 0 Å². The van der Waals surface area contributed by atoms with Gasteiger partial charge < -0.3 is 16.0 Å². The second-order valence-corrected chi connectivity index (χ2v) is 4.94. The minimum absolute atomic E-state index is 0.121. The number of rotatable bonds is 3. The molecule has 3 N–H and O–H groups in total. The summed E-state index contributed by atoms with van der Waals surface area (Å²) in [6.07, 6.45) is 2.29. The zero-order valence-electron chi connectivity index (χ0n) is 10.9. The van der Waals surface area contributed by atoms with Crippen molar-refractivity contribution in [2.75, 3.05) is 32.4 Å². The van der Waals surface area contributed by atoms with E-state index in [9.17, 15) is 4.79 Å². The Morgan fingerprint density at radius 1 is 1.44 bits per heavy atom. The highest BCUT2D eigenvalue weighted by atomic mass is 16.2. The largest absolute Gasteiger partial charge is 0.399 e. The third-order valence-corrected chi connectivity index (χ3v) is 3.46. The smallest absolute Gasteiger partial charge is 0.253 e. The fourth-order valence-electron chi connectivity index (χ4n) is 2.51. The average molecular weight is 247 g/mol. The second-order valence-electron chi connectivity index (χ2n) is 4.94. The molecule has 0 radical (unpaired) electrons. The van der Waals surface area contributed by atoms with Gasteiger partial charge in [0.1, 0.15) is 0 Å². The fourth-order valence-corrected chi connectivity index (χ4v) is 2.51. The van der Waals surface area contributed by atoms with E-state index in [0.717, 1.165) is 31.6 Å². The van der Waals surface area contributed by atoms with E-state index in [-0.39, 0.29) is 5.91 Å². The molecule has 4 nitrogen and oxygen atoms in total. The van der Waals surface area contributed by atoms with Crippen molar-refractivity contribution < 1.29 is 4.79 Å². The van der Waals surface area contributed by atoms with Crippen LogP contribution in [0.25, 0.3) is 0 Å². The van der Waals surface area contributed by atoms with Gasteiger partial charge in [-0.25, -0.2) is 0 Å². The summed E-state index contributed by atoms with van der Waals surface area (Å²) in [7, 11) is 1.96. The maximum absolute atomic E-state index is 12.3. The van der Waals surface area contributed by atoms with Gasteiger partial charge in [0.15, 0.2) is 0 Å². The van der Waals surface area contributed by atoms with Crippen molar-refractivity contribution in [2.24, 2.45) is 5.92 Å². The number of carbonyl (C=O) groups excluding carboxylic acids is 1. The number of benzene rings is 1. The molecule has 1 unspecified atom stereocenters. The number of piperidine rings is 1. The molecule has 1 saturated heterocycles. The number of hydrogen-bond acceptors (Lipinski definition) is 3. The Morgan fingerprint density at radius 3 is 2.83 bits per heavy atom. The molecule has 0 spiro atoms. The van der Waals surface area contributed by atoms with Gasteiger partial charge in [-0.05, 0) is 56.6 Å². The van der Waals surface area contributed by atoms with Crippen LogP contribution in [0, 0.1) is 5.92 Å². The maximum Gasteiger partial charge on any atom is 0.253 e. The lowest BCUT2D eigenvalue weighted by Crippen LogP contribution is -2.42. The molecule has 0 aromatic heterocycles. The van der Waals surface area contributed by atoms with Crippen LogP contribution in [0.4, 0.5) is 5.69 Å². The molecule has 18 heavy (non-hydrogen) atoms. The normalized spacial score (nSPS) is 19.8. The summed E-state index contributed by atoms with van der Waals surface area (Å²) in [5.41, 5.74) is 7.06. The minimum Gasteiger partial charge on any atom is -0.399 e. The number of anilines is 1. The number of nitrogens with two attached hydrogens (primary N) is 1. The Hall–Kier alpha value is -1.55. The molecule has 1 aromatic carbocycles. The maximum atomic E-state index is 12.3. The van der Waals surface area contributed by atoms with Crippen LogP contribution in [0.1, 0.15) is 23.2 Å². The summed E-state index contributed by atoms with van der Waals surface area (Å²) in [6.45, 7) is 2.69. The van der Waals surface area contributed by atoms with Gasteiger partial charge in [-0.15, -0.1) is 0 Å². The molecule has 1 amide bonds. The van der Waals surface area contributed by atoms with E-state index in [1.165, 1.54) is 6.42 Å². The van der Waals surface area contributed by atoms with Gasteiger partial charge in [0, 0.05) is 24.3 Å². The van der Waals surface area contributed by atoms with E-state index in [1.54, 1.807) is 24.3 Å². The molecular formula is C14H21N3O. The molecule has 1 fully saturated rings. The summed E-state index contributed by atoms with van der Waals surface area (Å²) in [4.78, 5) is 14.3. The summed E-state index contributed by atoms with van der Waals surface area (Å²) < 4.78 is 0. The highest BCUT2D eigenvalue weighted by Gasteiger charge is 2.23. The first-order chi connectivity index (χ1) is 8.70. The van der Waals surface area contributed by atoms with Crippen LogP contribution < -0.4 is 11.1 Å². The monoisotopic (exact) mass is 247 g/mol. The number of nitrogen functional groups attached to an aromatic ring is 1. The van der Waals surface area contributed by atoms with Crippen LogP contribution in [0.3, 0.4) is 0 Å². The zero-order valence-corrected chi connectivity index (χ0v) is 10.9. The number of nitrogens with one attached hydrogen (secondary N) is 1. The van der Waals surface area contributed by atoms with E-state index in [0.29, 0.717) is 11.6 Å². The van der Waals surface area contributed by atoms with Gasteiger partial charge in [-0.1, -0.05) is 0 Å². The SMILES string of the molecule is CNCC1CCCN(C(=O)c2ccc(N)cc2)C1. The number of hydrogen-bond donors (Lipinski definition) is 2. The molecule has 2 rings (SSSR count). The highest BCUT2D eigenvalue weighted by Crippen LogP contribution is 2.18. The third-order valence-electron chi connectivity index (χ3n) is 3.46. The number of amides is 1. The van der Waals surface area contributed by atoms with Crippen molar-refractivity contribution in [1.82, 2.24) is 10.2 Å². The van der Waals surface area contributed by atoms with Gasteiger partial charge in [0.25, 0.3) is 5.91 Å². The lowest BCUT2D eigenvalue weighted by atomic mass is 9.97. The van der Waals surface area contributed by atoms with E-state index in [1.807, 2.05) is 11.9 Å². The lowest BCUT2D eigenvalue weighted by molar-refractivity contribution is 0.0674. The Bertz CT molecular complexity index is 400. The lowest BCUT2D eigenvalue weighted by Gasteiger charge is -2.32. The van der Waals surface area contributed by atoms with Crippen LogP contribution >= 0.6 is 0 Å². The number of carbonyl (C=O) groups is 1. The molecule has 0 bridgehead atoms. The number of nitrogens with zero attached hydrogens (tertiary/aromatic N) is 1. The van der Waals surface area contributed by atoms with Crippen LogP contribution in [-0.2, 0) is 0 Å². The molecular weight excluding hydrogens is 226 g/mol. The minimum atomic E-state index is 0.121. The molecule has 1 aromatic rings. The molecule has 0 saturated carbocycles. The standard InChI is InChI=1S/C14H21N3O/c1-16-9-11-3-2-8-17(10-11)14(18)12-4-6-13(15)7-5-12/h4-7,11,16H,2-3,8-10,15H2,1H3. The summed E-state index contributed by atoms with van der Waals surface area (Å²) >= 11 is 0. The Morgan fingerprint density at radius 2 is 2.17 bits per heavy atom. The topological polar surface area (TPSA) is 58.4 Å². The summed E-state index contributed by atoms with van der Waals surface area (Å²) in [5.74, 6) is 0.692. The Labute approximate surface area is 108 Å². The van der Waals surface area contributed by atoms with Gasteiger partial charge in [0.2, 0.25) is 0 Å². The van der Waals surface area contributed by atoms with E-state index in [2.05, 4.69) is 5.32 Å². The first kappa shape index (κ1) is 12.9. The average Bonchev–Trinajstić information content (AvgIpc) is 2.39. The highest BCUT2D eigenvalue weighted by molar-refractivity contribution is 5.94. The van der Waals surface area contributed by atoms with Crippen molar-refractivity contribution in [1.29, 1.82) is 0 Å². The molecule has 98 valence electrons. The molecule has 0 aliphatic carbocycles. The predicted octanol–water partition coefficient (Wildman–Crippen LogP) is 1.34. The molecule has 1 atom stereocenters. The van der Waals surface area contributed by atoms with E-state index < -0.39 is 0 Å². The van der Waals surface area contributed by atoms with Crippen LogP contribution in [-0.4, -0.2) is 37.5 Å². The Balaban J connectivity index is 2.02. The quantitative estimate of drug-likeness (QED) is 0.792. The van der Waals surface area contributed by atoms with E-state index in [4.69, 9.17) is 5.73 Å². The predicted molar refractivity (Wildman–Crippen MR) is 73.4 cm³/mol. The Kier molecular flexibility index (Phi) is 4.20. The van der Waals surface area contributed by atoms with E-state index >= 15 is 0 Å². The van der Waals surface area contributed by atoms with Crippen molar-refractivity contribution >= 4 is 11.6 Å². The first-order valence-electron chi connectivity index (χ1n) is 6.50. The van der Waals surface area contributed by atoms with Gasteiger partial charge in [0.05, 0.1) is 0 Å². The molecule has 1 aliphatic rings. The van der Waals surface area contributed by atoms with Crippen molar-refractivity contribution in [3.63, 3.8) is 0 Å². The van der Waals surface area contributed by atoms with Gasteiger partial charge in [-0.3, -0.25) is 4.79 Å². The third kappa shape index (κ3) is 3.01. The van der Waals surface area contributed by atoms with Crippen LogP contribution in [0.2, 0.25) is 0 Å². The van der Waals surface area contributed by atoms with Gasteiger partial charge in [-0.2, -0.15) is 0 Å². The van der Waals surface area contributed by atoms with Crippen molar-refractivity contribution in [3.8, 4) is 0 Å².